The normalized spacial score (nSPS) is 11.6. The molecule has 2 aromatic heterocycles. The van der Waals surface area contributed by atoms with Crippen LogP contribution in [0.5, 0.6) is 0 Å². The maximum Gasteiger partial charge on any atom is 0.143 e. The number of rotatable bonds is 7. The first-order valence-electron chi connectivity index (χ1n) is 20.8. The van der Waals surface area contributed by atoms with Gasteiger partial charge in [0.1, 0.15) is 11.2 Å². The fourth-order valence-electron chi connectivity index (χ4n) is 9.41. The highest BCUT2D eigenvalue weighted by Gasteiger charge is 2.19. The van der Waals surface area contributed by atoms with Gasteiger partial charge in [0.2, 0.25) is 0 Å². The van der Waals surface area contributed by atoms with E-state index in [0.717, 1.165) is 55.8 Å². The van der Waals surface area contributed by atoms with Crippen LogP contribution in [0.3, 0.4) is 0 Å². The van der Waals surface area contributed by atoms with Crippen molar-refractivity contribution in [1.29, 1.82) is 0 Å². The lowest BCUT2D eigenvalue weighted by Crippen LogP contribution is -2.10. The number of fused-ring (bicyclic) bond motifs is 7. The lowest BCUT2D eigenvalue weighted by atomic mass is 9.91. The Bertz CT molecular complexity index is 3520. The van der Waals surface area contributed by atoms with E-state index in [1.54, 1.807) is 0 Å². The van der Waals surface area contributed by atoms with Crippen LogP contribution in [0.2, 0.25) is 0 Å². The molecule has 0 atom stereocenters. The summed E-state index contributed by atoms with van der Waals surface area (Å²) in [5.74, 6) is 0. The van der Waals surface area contributed by atoms with Gasteiger partial charge in [0.05, 0.1) is 11.0 Å². The number of furan rings is 1. The average Bonchev–Trinajstić information content (AvgIpc) is 3.88. The predicted molar refractivity (Wildman–Crippen MR) is 257 cm³/mol. The van der Waals surface area contributed by atoms with Crippen LogP contribution in [-0.2, 0) is 0 Å². The van der Waals surface area contributed by atoms with Gasteiger partial charge in [0.15, 0.2) is 0 Å². The number of benzene rings is 10. The molecule has 3 nitrogen and oxygen atoms in total. The molecular weight excluding hydrogens is 741 g/mol. The minimum Gasteiger partial charge on any atom is -0.455 e. The molecule has 0 aliphatic rings. The third-order valence-electron chi connectivity index (χ3n) is 12.2. The molecule has 12 aromatic rings. The zero-order valence-electron chi connectivity index (χ0n) is 33.2. The minimum atomic E-state index is 0.902. The molecule has 286 valence electrons. The Morgan fingerprint density at radius 3 is 1.52 bits per heavy atom. The number of hydrogen-bond donors (Lipinski definition) is 0. The summed E-state index contributed by atoms with van der Waals surface area (Å²) in [4.78, 5) is 2.37. The summed E-state index contributed by atoms with van der Waals surface area (Å²) < 4.78 is 8.84. The molecule has 12 rings (SSSR count). The van der Waals surface area contributed by atoms with Crippen molar-refractivity contribution in [3.63, 3.8) is 0 Å². The number of anilines is 3. The number of hydrogen-bond acceptors (Lipinski definition) is 2. The zero-order chi connectivity index (χ0) is 40.3. The smallest absolute Gasteiger partial charge is 0.143 e. The van der Waals surface area contributed by atoms with E-state index in [4.69, 9.17) is 4.42 Å². The lowest BCUT2D eigenvalue weighted by Gasteiger charge is -2.27. The molecule has 0 radical (unpaired) electrons. The number of nitrogens with zero attached hydrogens (tertiary/aromatic N) is 2. The summed E-state index contributed by atoms with van der Waals surface area (Å²) in [6.45, 7) is 0. The average molecular weight is 779 g/mol. The molecule has 0 bridgehead atoms. The summed E-state index contributed by atoms with van der Waals surface area (Å²) >= 11 is 0. The second-order valence-corrected chi connectivity index (χ2v) is 15.7. The Morgan fingerprint density at radius 1 is 0.344 bits per heavy atom. The van der Waals surface area contributed by atoms with Crippen molar-refractivity contribution in [2.45, 2.75) is 0 Å². The lowest BCUT2D eigenvalue weighted by molar-refractivity contribution is 0.670. The van der Waals surface area contributed by atoms with Gasteiger partial charge in [-0.05, 0) is 99.3 Å². The van der Waals surface area contributed by atoms with Gasteiger partial charge < -0.3 is 13.9 Å². The molecule has 2 heterocycles. The molecule has 0 unspecified atom stereocenters. The van der Waals surface area contributed by atoms with E-state index in [-0.39, 0.29) is 0 Å². The Kier molecular flexibility index (Phi) is 8.17. The van der Waals surface area contributed by atoms with Crippen LogP contribution in [0.25, 0.3) is 93.6 Å². The number of aromatic nitrogens is 1. The first kappa shape index (κ1) is 34.9. The highest BCUT2D eigenvalue weighted by Crippen LogP contribution is 2.42. The van der Waals surface area contributed by atoms with Crippen molar-refractivity contribution in [2.24, 2.45) is 0 Å². The van der Waals surface area contributed by atoms with Crippen molar-refractivity contribution >= 4 is 71.6 Å². The van der Waals surface area contributed by atoms with Crippen LogP contribution in [0.1, 0.15) is 0 Å². The van der Waals surface area contributed by atoms with Crippen molar-refractivity contribution < 1.29 is 4.42 Å². The Hall–Kier alpha value is -8.14. The van der Waals surface area contributed by atoms with Gasteiger partial charge in [-0.2, -0.15) is 0 Å². The van der Waals surface area contributed by atoms with Crippen LogP contribution in [0, 0.1) is 0 Å². The molecule has 0 spiro atoms. The van der Waals surface area contributed by atoms with Gasteiger partial charge in [-0.25, -0.2) is 0 Å². The maximum absolute atomic E-state index is 6.46. The number of para-hydroxylation sites is 4. The van der Waals surface area contributed by atoms with Crippen molar-refractivity contribution in [3.8, 4) is 39.1 Å². The van der Waals surface area contributed by atoms with E-state index in [1.165, 1.54) is 54.8 Å². The van der Waals surface area contributed by atoms with Gasteiger partial charge >= 0.3 is 0 Å². The van der Waals surface area contributed by atoms with E-state index >= 15 is 0 Å². The Labute approximate surface area is 353 Å². The molecule has 0 saturated heterocycles. The summed E-state index contributed by atoms with van der Waals surface area (Å²) in [5.41, 5.74) is 15.5. The van der Waals surface area contributed by atoms with Crippen LogP contribution in [0.15, 0.2) is 235 Å². The van der Waals surface area contributed by atoms with E-state index < -0.39 is 0 Å². The van der Waals surface area contributed by atoms with Gasteiger partial charge in [-0.15, -0.1) is 0 Å². The van der Waals surface area contributed by atoms with Gasteiger partial charge in [0, 0.05) is 49.9 Å². The van der Waals surface area contributed by atoms with E-state index in [2.05, 4.69) is 228 Å². The highest BCUT2D eigenvalue weighted by molar-refractivity contribution is 6.11. The molecule has 0 aliphatic carbocycles. The molecular formula is C58H38N2O. The molecule has 0 N–H and O–H groups in total. The fraction of sp³-hybridized carbons (Fsp3) is 0. The summed E-state index contributed by atoms with van der Waals surface area (Å²) in [5, 5.41) is 7.24. The third kappa shape index (κ3) is 5.82. The standard InChI is InChI=1S/C58H38N2O/c1-2-14-39(15-3-1)47-23-10-16-42-17-11-24-48(57(42)47)40-30-34-43(35-31-40)59(44-36-32-41(33-37-44)49-25-13-26-53-52-22-6-9-29-56(52)61-58(49)53)45-18-12-19-46(38-45)60-54-27-7-4-20-50(54)51-21-5-8-28-55(51)60/h1-38H. The fourth-order valence-corrected chi connectivity index (χ4v) is 9.41. The van der Waals surface area contributed by atoms with E-state index in [1.807, 2.05) is 12.1 Å². The quantitative estimate of drug-likeness (QED) is 0.161. The summed E-state index contributed by atoms with van der Waals surface area (Å²) in [6, 6.07) is 82.9. The van der Waals surface area contributed by atoms with Crippen molar-refractivity contribution in [1.82, 2.24) is 4.57 Å². The molecule has 0 amide bonds. The minimum absolute atomic E-state index is 0.902. The first-order valence-corrected chi connectivity index (χ1v) is 20.8. The van der Waals surface area contributed by atoms with Gasteiger partial charge in [-0.3, -0.25) is 0 Å². The van der Waals surface area contributed by atoms with Crippen LogP contribution >= 0.6 is 0 Å². The molecule has 0 saturated carbocycles. The monoisotopic (exact) mass is 778 g/mol. The molecule has 0 fully saturated rings. The summed E-state index contributed by atoms with van der Waals surface area (Å²) in [7, 11) is 0. The summed E-state index contributed by atoms with van der Waals surface area (Å²) in [6.07, 6.45) is 0. The third-order valence-corrected chi connectivity index (χ3v) is 12.2. The second-order valence-electron chi connectivity index (χ2n) is 15.7. The Balaban J connectivity index is 1.00. The van der Waals surface area contributed by atoms with E-state index in [0.29, 0.717) is 0 Å². The second kappa shape index (κ2) is 14.3. The van der Waals surface area contributed by atoms with Gasteiger partial charge in [0.25, 0.3) is 0 Å². The SMILES string of the molecule is c1ccc(-c2cccc3cccc(-c4ccc(N(c5ccc(-c6cccc7c6oc6ccccc67)cc5)c5cccc(-n6c7ccccc7c7ccccc76)c5)cc4)c23)cc1. The van der Waals surface area contributed by atoms with E-state index in [9.17, 15) is 0 Å². The topological polar surface area (TPSA) is 21.3 Å². The first-order chi connectivity index (χ1) is 30.3. The maximum atomic E-state index is 6.46. The van der Waals surface area contributed by atoms with Crippen LogP contribution < -0.4 is 4.90 Å². The van der Waals surface area contributed by atoms with Crippen molar-refractivity contribution in [3.05, 3.63) is 231 Å². The van der Waals surface area contributed by atoms with Crippen molar-refractivity contribution in [2.75, 3.05) is 4.90 Å². The molecule has 10 aromatic carbocycles. The van der Waals surface area contributed by atoms with Crippen LogP contribution in [0.4, 0.5) is 17.1 Å². The molecule has 0 aliphatic heterocycles. The van der Waals surface area contributed by atoms with Gasteiger partial charge in [-0.1, -0.05) is 170 Å². The molecule has 61 heavy (non-hydrogen) atoms. The highest BCUT2D eigenvalue weighted by atomic mass is 16.3. The molecule has 3 heteroatoms. The Morgan fingerprint density at radius 2 is 0.852 bits per heavy atom. The van der Waals surface area contributed by atoms with Crippen LogP contribution in [-0.4, -0.2) is 4.57 Å². The largest absolute Gasteiger partial charge is 0.455 e. The zero-order valence-corrected chi connectivity index (χ0v) is 33.2. The predicted octanol–water partition coefficient (Wildman–Crippen LogP) is 16.3.